The summed E-state index contributed by atoms with van der Waals surface area (Å²) in [7, 11) is 0. The number of carbonyl (C=O) groups is 3. The highest BCUT2D eigenvalue weighted by atomic mass is 32.1. The predicted molar refractivity (Wildman–Crippen MR) is 150 cm³/mol. The molecule has 2 heterocycles. The van der Waals surface area contributed by atoms with Gasteiger partial charge in [0.05, 0.1) is 17.1 Å². The number of hydrogen-bond donors (Lipinski definition) is 4. The standard InChI is InChI=1S/C28H27FN6O3S/c1-14(2)13-31-25(36)18-6-7-20(22(10-18)27(38)33-28-30-8-9-39-28)21-11-19(12-23(29)15(21)3)26(37)32-24-16(4)34-35-17(24)5/h6-12H,1,13H2,2-5H3,(H,31,36)(H,32,37)(H,34,35)(H,30,33,38). The predicted octanol–water partition coefficient (Wildman–Crippen LogP) is 5.41. The molecule has 0 fully saturated rings. The summed E-state index contributed by atoms with van der Waals surface area (Å²) in [6.07, 6.45) is 1.55. The van der Waals surface area contributed by atoms with Crippen LogP contribution >= 0.6 is 11.3 Å². The molecule has 2 aromatic heterocycles. The van der Waals surface area contributed by atoms with E-state index in [0.29, 0.717) is 33.3 Å². The fraction of sp³-hybridized carbons (Fsp3) is 0.179. The number of H-pyrrole nitrogens is 1. The third kappa shape index (κ3) is 6.10. The maximum Gasteiger partial charge on any atom is 0.258 e. The van der Waals surface area contributed by atoms with Crippen molar-refractivity contribution in [2.45, 2.75) is 27.7 Å². The molecule has 0 aliphatic carbocycles. The van der Waals surface area contributed by atoms with E-state index in [9.17, 15) is 14.4 Å². The van der Waals surface area contributed by atoms with Gasteiger partial charge in [0.1, 0.15) is 5.82 Å². The second-order valence-electron chi connectivity index (χ2n) is 9.09. The number of aryl methyl sites for hydroxylation is 2. The smallest absolute Gasteiger partial charge is 0.258 e. The van der Waals surface area contributed by atoms with Gasteiger partial charge in [-0.15, -0.1) is 11.3 Å². The molecule has 0 bridgehead atoms. The van der Waals surface area contributed by atoms with Gasteiger partial charge in [-0.1, -0.05) is 18.2 Å². The van der Waals surface area contributed by atoms with Crippen molar-refractivity contribution in [3.63, 3.8) is 0 Å². The number of nitrogens with one attached hydrogen (secondary N) is 4. The number of thiazole rings is 1. The van der Waals surface area contributed by atoms with E-state index in [0.717, 1.165) is 11.6 Å². The summed E-state index contributed by atoms with van der Waals surface area (Å²) in [6.45, 7) is 10.9. The Labute approximate surface area is 228 Å². The summed E-state index contributed by atoms with van der Waals surface area (Å²) in [6, 6.07) is 7.22. The average molecular weight is 547 g/mol. The Bertz CT molecular complexity index is 1570. The lowest BCUT2D eigenvalue weighted by Crippen LogP contribution is -2.25. The summed E-state index contributed by atoms with van der Waals surface area (Å²) < 4.78 is 15.2. The van der Waals surface area contributed by atoms with Crippen LogP contribution in [0.25, 0.3) is 11.1 Å². The minimum absolute atomic E-state index is 0.0580. The van der Waals surface area contributed by atoms with Gasteiger partial charge >= 0.3 is 0 Å². The molecule has 0 aliphatic heterocycles. The Kier molecular flexibility index (Phi) is 8.01. The Hall–Kier alpha value is -4.64. The molecule has 4 aromatic rings. The van der Waals surface area contributed by atoms with Crippen LogP contribution < -0.4 is 16.0 Å². The molecule has 200 valence electrons. The number of halogens is 1. The number of amides is 3. The quantitative estimate of drug-likeness (QED) is 0.220. The second-order valence-corrected chi connectivity index (χ2v) is 9.98. The SMILES string of the molecule is C=C(C)CNC(=O)c1ccc(-c2cc(C(=O)Nc3c(C)n[nH]c3C)cc(F)c2C)c(C(=O)Nc2nccs2)c1. The monoisotopic (exact) mass is 546 g/mol. The number of nitrogens with zero attached hydrogens (tertiary/aromatic N) is 2. The minimum Gasteiger partial charge on any atom is -0.348 e. The third-order valence-corrected chi connectivity index (χ3v) is 6.68. The lowest BCUT2D eigenvalue weighted by atomic mass is 9.92. The van der Waals surface area contributed by atoms with Crippen LogP contribution in [0.2, 0.25) is 0 Å². The van der Waals surface area contributed by atoms with Gasteiger partial charge in [0.15, 0.2) is 5.13 Å². The van der Waals surface area contributed by atoms with Crippen molar-refractivity contribution >= 4 is 39.9 Å². The lowest BCUT2D eigenvalue weighted by molar-refractivity contribution is 0.0956. The summed E-state index contributed by atoms with van der Waals surface area (Å²) in [5.41, 5.74) is 3.87. The molecule has 0 spiro atoms. The number of rotatable bonds is 8. The van der Waals surface area contributed by atoms with Crippen molar-refractivity contribution in [3.8, 4) is 11.1 Å². The van der Waals surface area contributed by atoms with Crippen molar-refractivity contribution in [3.05, 3.63) is 93.5 Å². The van der Waals surface area contributed by atoms with E-state index in [1.54, 1.807) is 51.4 Å². The van der Waals surface area contributed by atoms with Crippen LogP contribution in [0.15, 0.2) is 54.1 Å². The maximum atomic E-state index is 15.2. The highest BCUT2D eigenvalue weighted by molar-refractivity contribution is 7.13. The molecule has 9 nitrogen and oxygen atoms in total. The van der Waals surface area contributed by atoms with Crippen molar-refractivity contribution in [1.29, 1.82) is 0 Å². The number of carbonyl (C=O) groups excluding carboxylic acids is 3. The van der Waals surface area contributed by atoms with E-state index in [2.05, 4.69) is 37.7 Å². The zero-order chi connectivity index (χ0) is 28.3. The van der Waals surface area contributed by atoms with Gasteiger partial charge in [-0.3, -0.25) is 24.8 Å². The highest BCUT2D eigenvalue weighted by Gasteiger charge is 2.22. The summed E-state index contributed by atoms with van der Waals surface area (Å²) in [5.74, 6) is -2.08. The Balaban J connectivity index is 1.78. The molecule has 0 saturated carbocycles. The molecule has 4 N–H and O–H groups in total. The number of benzene rings is 2. The Morgan fingerprint density at radius 2 is 1.77 bits per heavy atom. The summed E-state index contributed by atoms with van der Waals surface area (Å²) in [5, 5.41) is 17.2. The van der Waals surface area contributed by atoms with Crippen LogP contribution in [0, 0.1) is 26.6 Å². The molecule has 3 amide bonds. The number of aromatic nitrogens is 3. The summed E-state index contributed by atoms with van der Waals surface area (Å²) in [4.78, 5) is 43.3. The molecule has 0 radical (unpaired) electrons. The fourth-order valence-corrected chi connectivity index (χ4v) is 4.43. The largest absolute Gasteiger partial charge is 0.348 e. The van der Waals surface area contributed by atoms with Crippen molar-refractivity contribution in [2.75, 3.05) is 17.2 Å². The van der Waals surface area contributed by atoms with E-state index in [4.69, 9.17) is 0 Å². The van der Waals surface area contributed by atoms with Gasteiger partial charge in [-0.05, 0) is 68.7 Å². The van der Waals surface area contributed by atoms with Gasteiger partial charge in [0.25, 0.3) is 17.7 Å². The zero-order valence-corrected chi connectivity index (χ0v) is 22.7. The van der Waals surface area contributed by atoms with Gasteiger partial charge in [0, 0.05) is 34.8 Å². The van der Waals surface area contributed by atoms with Gasteiger partial charge in [-0.2, -0.15) is 5.10 Å². The highest BCUT2D eigenvalue weighted by Crippen LogP contribution is 2.32. The van der Waals surface area contributed by atoms with Gasteiger partial charge < -0.3 is 10.6 Å². The Morgan fingerprint density at radius 3 is 2.41 bits per heavy atom. The number of aromatic amines is 1. The first-order valence-electron chi connectivity index (χ1n) is 12.0. The van der Waals surface area contributed by atoms with E-state index < -0.39 is 23.5 Å². The van der Waals surface area contributed by atoms with E-state index in [1.165, 1.54) is 23.5 Å². The Morgan fingerprint density at radius 1 is 1.00 bits per heavy atom. The molecule has 0 atom stereocenters. The van der Waals surface area contributed by atoms with Crippen LogP contribution in [-0.4, -0.2) is 39.4 Å². The number of hydrogen-bond acceptors (Lipinski definition) is 6. The molecule has 2 aromatic carbocycles. The minimum atomic E-state index is -0.618. The molecule has 0 aliphatic rings. The maximum absolute atomic E-state index is 15.2. The first-order valence-corrected chi connectivity index (χ1v) is 12.8. The molecule has 0 saturated heterocycles. The molecule has 39 heavy (non-hydrogen) atoms. The van der Waals surface area contributed by atoms with Crippen molar-refractivity contribution in [2.24, 2.45) is 0 Å². The van der Waals surface area contributed by atoms with Crippen LogP contribution in [0.5, 0.6) is 0 Å². The topological polar surface area (TPSA) is 129 Å². The van der Waals surface area contributed by atoms with Gasteiger partial charge in [-0.25, -0.2) is 9.37 Å². The van der Waals surface area contributed by atoms with Crippen LogP contribution in [0.3, 0.4) is 0 Å². The van der Waals surface area contributed by atoms with E-state index in [-0.39, 0.29) is 28.8 Å². The second kappa shape index (κ2) is 11.4. The summed E-state index contributed by atoms with van der Waals surface area (Å²) >= 11 is 1.23. The van der Waals surface area contributed by atoms with Crippen LogP contribution in [0.1, 0.15) is 54.9 Å². The molecule has 4 rings (SSSR count). The van der Waals surface area contributed by atoms with Crippen LogP contribution in [-0.2, 0) is 0 Å². The zero-order valence-electron chi connectivity index (χ0n) is 21.9. The molecule has 0 unspecified atom stereocenters. The first kappa shape index (κ1) is 27.4. The van der Waals surface area contributed by atoms with Crippen molar-refractivity contribution < 1.29 is 18.8 Å². The third-order valence-electron chi connectivity index (χ3n) is 5.99. The average Bonchev–Trinajstić information content (AvgIpc) is 3.53. The number of anilines is 2. The molecular formula is C28H27FN6O3S. The van der Waals surface area contributed by atoms with E-state index in [1.807, 2.05) is 0 Å². The van der Waals surface area contributed by atoms with Crippen LogP contribution in [0.4, 0.5) is 15.2 Å². The molecule has 11 heteroatoms. The molecular weight excluding hydrogens is 519 g/mol. The normalized spacial score (nSPS) is 10.7. The van der Waals surface area contributed by atoms with Crippen molar-refractivity contribution in [1.82, 2.24) is 20.5 Å². The first-order chi connectivity index (χ1) is 18.5. The lowest BCUT2D eigenvalue weighted by Gasteiger charge is -2.16. The van der Waals surface area contributed by atoms with E-state index >= 15 is 4.39 Å². The van der Waals surface area contributed by atoms with Gasteiger partial charge in [0.2, 0.25) is 0 Å². The fourth-order valence-electron chi connectivity index (χ4n) is 3.90.